The number of aromatic nitrogens is 3. The van der Waals surface area contributed by atoms with Crippen LogP contribution in [0.4, 0.5) is 5.69 Å². The van der Waals surface area contributed by atoms with Gasteiger partial charge in [0.1, 0.15) is 5.75 Å². The van der Waals surface area contributed by atoms with Crippen LogP contribution in [0.2, 0.25) is 15.6 Å². The van der Waals surface area contributed by atoms with E-state index in [1.807, 2.05) is 0 Å². The Kier molecular flexibility index (Phi) is 3.98. The highest BCUT2D eigenvalue weighted by Gasteiger charge is 2.13. The van der Waals surface area contributed by atoms with Gasteiger partial charge in [0, 0.05) is 12.1 Å². The lowest BCUT2D eigenvalue weighted by atomic mass is 10.3. The first-order valence-corrected chi connectivity index (χ1v) is 5.78. The molecule has 0 saturated heterocycles. The van der Waals surface area contributed by atoms with Gasteiger partial charge in [0.15, 0.2) is 0 Å². The molecule has 10 heteroatoms. The lowest BCUT2D eigenvalue weighted by Crippen LogP contribution is -1.96. The fourth-order valence-electron chi connectivity index (χ4n) is 1.14. The summed E-state index contributed by atoms with van der Waals surface area (Å²) in [6.07, 6.45) is 0. The molecule has 0 radical (unpaired) electrons. The van der Waals surface area contributed by atoms with Gasteiger partial charge in [-0.25, -0.2) is 0 Å². The van der Waals surface area contributed by atoms with Crippen LogP contribution in [0.15, 0.2) is 18.2 Å². The molecule has 0 aliphatic carbocycles. The summed E-state index contributed by atoms with van der Waals surface area (Å²) in [7, 11) is 0. The lowest BCUT2D eigenvalue weighted by Gasteiger charge is -2.05. The molecule has 1 aromatic carbocycles. The molecule has 98 valence electrons. The van der Waals surface area contributed by atoms with Crippen molar-refractivity contribution in [3.05, 3.63) is 43.9 Å². The number of nitro groups is 1. The number of halogens is 3. The van der Waals surface area contributed by atoms with Crippen molar-refractivity contribution in [1.29, 1.82) is 0 Å². The zero-order valence-electron chi connectivity index (χ0n) is 8.88. The molecule has 1 heterocycles. The van der Waals surface area contributed by atoms with Crippen molar-refractivity contribution in [1.82, 2.24) is 15.0 Å². The summed E-state index contributed by atoms with van der Waals surface area (Å²) in [5.74, 6) is 0.130. The number of ether oxygens (including phenoxy) is 1. The average Bonchev–Trinajstić information content (AvgIpc) is 2.30. The summed E-state index contributed by atoms with van der Waals surface area (Å²) in [4.78, 5) is 20.9. The van der Waals surface area contributed by atoms with Crippen molar-refractivity contribution < 1.29 is 9.66 Å². The largest absolute Gasteiger partial charge is 0.423 e. The predicted octanol–water partition coefficient (Wildman–Crippen LogP) is 3.53. The second kappa shape index (κ2) is 5.52. The summed E-state index contributed by atoms with van der Waals surface area (Å²) < 4.78 is 5.22. The number of rotatable bonds is 3. The number of nitrogens with zero attached hydrogens (tertiary/aromatic N) is 4. The maximum Gasteiger partial charge on any atom is 0.327 e. The molecule has 2 aromatic rings. The second-order valence-electron chi connectivity index (χ2n) is 3.13. The predicted molar refractivity (Wildman–Crippen MR) is 68.0 cm³/mol. The van der Waals surface area contributed by atoms with Gasteiger partial charge in [0.05, 0.1) is 9.95 Å². The van der Waals surface area contributed by atoms with Crippen LogP contribution < -0.4 is 4.74 Å². The zero-order valence-corrected chi connectivity index (χ0v) is 11.1. The zero-order chi connectivity index (χ0) is 14.0. The smallest absolute Gasteiger partial charge is 0.327 e. The maximum atomic E-state index is 10.6. The standard InChI is InChI=1S/C9H3Cl3N4O3/c10-5-3-4(16(17)18)1-2-6(5)19-9-14-7(11)13-8(12)15-9/h1-3H. The Balaban J connectivity index is 2.30. The molecule has 0 amide bonds. The van der Waals surface area contributed by atoms with Gasteiger partial charge < -0.3 is 4.74 Å². The SMILES string of the molecule is O=[N+]([O-])c1ccc(Oc2nc(Cl)nc(Cl)n2)c(Cl)c1. The summed E-state index contributed by atoms with van der Waals surface area (Å²) in [6, 6.07) is 3.51. The van der Waals surface area contributed by atoms with Gasteiger partial charge in [-0.05, 0) is 29.3 Å². The van der Waals surface area contributed by atoms with Gasteiger partial charge in [-0.2, -0.15) is 15.0 Å². The Bertz CT molecular complexity index is 632. The quantitative estimate of drug-likeness (QED) is 0.634. The van der Waals surface area contributed by atoms with Crippen molar-refractivity contribution in [2.24, 2.45) is 0 Å². The van der Waals surface area contributed by atoms with Crippen LogP contribution in [0.25, 0.3) is 0 Å². The van der Waals surface area contributed by atoms with Crippen LogP contribution in [0.5, 0.6) is 11.8 Å². The Morgan fingerprint density at radius 3 is 2.26 bits per heavy atom. The van der Waals surface area contributed by atoms with E-state index in [1.165, 1.54) is 12.1 Å². The summed E-state index contributed by atoms with van der Waals surface area (Å²) in [6.45, 7) is 0. The van der Waals surface area contributed by atoms with E-state index in [1.54, 1.807) is 0 Å². The van der Waals surface area contributed by atoms with Gasteiger partial charge in [0.25, 0.3) is 5.69 Å². The Morgan fingerprint density at radius 2 is 1.74 bits per heavy atom. The fourth-order valence-corrected chi connectivity index (χ4v) is 1.70. The van der Waals surface area contributed by atoms with Gasteiger partial charge in [0.2, 0.25) is 10.6 Å². The molecule has 0 N–H and O–H groups in total. The molecular formula is C9H3Cl3N4O3. The molecule has 0 fully saturated rings. The molecule has 0 saturated carbocycles. The highest BCUT2D eigenvalue weighted by atomic mass is 35.5. The molecular weight excluding hydrogens is 318 g/mol. The van der Waals surface area contributed by atoms with Crippen molar-refractivity contribution >= 4 is 40.5 Å². The van der Waals surface area contributed by atoms with Crippen LogP contribution in [0.3, 0.4) is 0 Å². The van der Waals surface area contributed by atoms with E-state index in [0.717, 1.165) is 6.07 Å². The first-order chi connectivity index (χ1) is 8.95. The normalized spacial score (nSPS) is 10.3. The van der Waals surface area contributed by atoms with E-state index in [9.17, 15) is 10.1 Å². The maximum absolute atomic E-state index is 10.6. The minimum absolute atomic E-state index is 0.0295. The molecule has 2 rings (SSSR count). The minimum atomic E-state index is -0.577. The molecule has 0 aliphatic heterocycles. The van der Waals surface area contributed by atoms with E-state index in [2.05, 4.69) is 15.0 Å². The van der Waals surface area contributed by atoms with Crippen molar-refractivity contribution in [2.75, 3.05) is 0 Å². The van der Waals surface area contributed by atoms with Crippen LogP contribution >= 0.6 is 34.8 Å². The molecule has 0 spiro atoms. The number of hydrogen-bond acceptors (Lipinski definition) is 6. The van der Waals surface area contributed by atoms with E-state index in [4.69, 9.17) is 39.5 Å². The third-order valence-corrected chi connectivity index (χ3v) is 2.52. The summed E-state index contributed by atoms with van der Waals surface area (Å²) in [5.41, 5.74) is -0.163. The Hall–Kier alpha value is -1.70. The topological polar surface area (TPSA) is 91.0 Å². The van der Waals surface area contributed by atoms with E-state index in [-0.39, 0.29) is 33.0 Å². The number of benzene rings is 1. The molecule has 0 unspecified atom stereocenters. The van der Waals surface area contributed by atoms with Gasteiger partial charge in [-0.15, -0.1) is 0 Å². The molecule has 0 aliphatic rings. The van der Waals surface area contributed by atoms with Gasteiger partial charge in [-0.3, -0.25) is 10.1 Å². The van der Waals surface area contributed by atoms with E-state index in [0.29, 0.717) is 0 Å². The highest BCUT2D eigenvalue weighted by Crippen LogP contribution is 2.31. The third kappa shape index (κ3) is 3.40. The van der Waals surface area contributed by atoms with Crippen molar-refractivity contribution in [3.8, 4) is 11.8 Å². The van der Waals surface area contributed by atoms with Gasteiger partial charge in [-0.1, -0.05) is 11.6 Å². The molecule has 0 bridgehead atoms. The lowest BCUT2D eigenvalue weighted by molar-refractivity contribution is -0.384. The Labute approximate surface area is 121 Å². The molecule has 19 heavy (non-hydrogen) atoms. The average molecular weight is 322 g/mol. The molecule has 1 aromatic heterocycles. The van der Waals surface area contributed by atoms with Crippen molar-refractivity contribution in [2.45, 2.75) is 0 Å². The summed E-state index contributed by atoms with van der Waals surface area (Å²) >= 11 is 17.0. The van der Waals surface area contributed by atoms with Crippen LogP contribution in [0, 0.1) is 10.1 Å². The molecule has 7 nitrogen and oxygen atoms in total. The monoisotopic (exact) mass is 320 g/mol. The second-order valence-corrected chi connectivity index (χ2v) is 4.21. The highest BCUT2D eigenvalue weighted by molar-refractivity contribution is 6.32. The van der Waals surface area contributed by atoms with E-state index >= 15 is 0 Å². The van der Waals surface area contributed by atoms with Crippen molar-refractivity contribution in [3.63, 3.8) is 0 Å². The number of hydrogen-bond donors (Lipinski definition) is 0. The fraction of sp³-hybridized carbons (Fsp3) is 0. The first kappa shape index (κ1) is 13.7. The molecule has 0 atom stereocenters. The first-order valence-electron chi connectivity index (χ1n) is 4.64. The van der Waals surface area contributed by atoms with Crippen LogP contribution in [0.1, 0.15) is 0 Å². The number of nitro benzene ring substituents is 1. The van der Waals surface area contributed by atoms with Crippen LogP contribution in [-0.2, 0) is 0 Å². The number of non-ortho nitro benzene ring substituents is 1. The van der Waals surface area contributed by atoms with Crippen LogP contribution in [-0.4, -0.2) is 19.9 Å². The third-order valence-electron chi connectivity index (χ3n) is 1.89. The van der Waals surface area contributed by atoms with E-state index < -0.39 is 4.92 Å². The Morgan fingerprint density at radius 1 is 1.11 bits per heavy atom. The summed E-state index contributed by atoms with van der Waals surface area (Å²) in [5, 5.41) is 10.3. The van der Waals surface area contributed by atoms with Gasteiger partial charge >= 0.3 is 6.01 Å². The minimum Gasteiger partial charge on any atom is -0.423 e.